The molecule has 0 unspecified atom stereocenters. The molecule has 22 heavy (non-hydrogen) atoms. The van der Waals surface area contributed by atoms with E-state index in [-0.39, 0.29) is 17.0 Å². The fraction of sp³-hybridized carbons (Fsp3) is 0.400. The van der Waals surface area contributed by atoms with Crippen molar-refractivity contribution < 1.29 is 22.5 Å². The van der Waals surface area contributed by atoms with Gasteiger partial charge in [-0.05, 0) is 18.4 Å². The first kappa shape index (κ1) is 14.7. The van der Waals surface area contributed by atoms with E-state index in [0.717, 1.165) is 18.4 Å². The number of benzene rings is 1. The van der Waals surface area contributed by atoms with Crippen molar-refractivity contribution in [2.45, 2.75) is 32.4 Å². The second-order valence-electron chi connectivity index (χ2n) is 5.78. The lowest BCUT2D eigenvalue weighted by molar-refractivity contribution is -0.159. The number of aromatic nitrogens is 2. The molecule has 1 aliphatic rings. The molecular formula is C15H13F3N2O2. The third-order valence-electron chi connectivity index (χ3n) is 3.92. The van der Waals surface area contributed by atoms with Crippen LogP contribution in [0.2, 0.25) is 0 Å². The molecule has 1 aliphatic carbocycles. The summed E-state index contributed by atoms with van der Waals surface area (Å²) in [5.74, 6) is -1.30. The van der Waals surface area contributed by atoms with Gasteiger partial charge in [0.05, 0.1) is 0 Å². The largest absolute Gasteiger partial charge is 0.471 e. The average molecular weight is 310 g/mol. The monoisotopic (exact) mass is 310 g/mol. The fourth-order valence-corrected chi connectivity index (χ4v) is 2.09. The second kappa shape index (κ2) is 4.93. The van der Waals surface area contributed by atoms with Crippen LogP contribution in [0.4, 0.5) is 13.2 Å². The van der Waals surface area contributed by atoms with Gasteiger partial charge in [0.1, 0.15) is 5.78 Å². The highest BCUT2D eigenvalue weighted by Crippen LogP contribution is 2.46. The molecule has 116 valence electrons. The standard InChI is InChI=1S/C15H13F3N2O2/c1-14(6-7-14)11(21)8-9-2-4-10(5-3-9)12-19-13(22-20-12)15(16,17)18/h2-5H,6-8H2,1H3. The molecule has 1 saturated carbocycles. The summed E-state index contributed by atoms with van der Waals surface area (Å²) in [6.45, 7) is 1.95. The van der Waals surface area contributed by atoms with Crippen LogP contribution in [0.1, 0.15) is 31.2 Å². The third-order valence-corrected chi connectivity index (χ3v) is 3.92. The molecule has 0 amide bonds. The van der Waals surface area contributed by atoms with E-state index in [9.17, 15) is 18.0 Å². The summed E-state index contributed by atoms with van der Waals surface area (Å²) in [5.41, 5.74) is 1.04. The Morgan fingerprint density at radius 2 is 1.91 bits per heavy atom. The summed E-state index contributed by atoms with van der Waals surface area (Å²) in [6.07, 6.45) is -2.48. The molecule has 0 atom stereocenters. The molecule has 4 nitrogen and oxygen atoms in total. The molecule has 1 fully saturated rings. The smallest absolute Gasteiger partial charge is 0.329 e. The number of carbonyl (C=O) groups is 1. The van der Waals surface area contributed by atoms with Gasteiger partial charge < -0.3 is 4.52 Å². The molecule has 0 spiro atoms. The number of Topliss-reactive ketones (excluding diaryl/α,β-unsaturated/α-hetero) is 1. The second-order valence-corrected chi connectivity index (χ2v) is 5.78. The zero-order valence-corrected chi connectivity index (χ0v) is 11.8. The number of carbonyl (C=O) groups excluding carboxylic acids is 1. The van der Waals surface area contributed by atoms with Gasteiger partial charge >= 0.3 is 12.1 Å². The molecule has 0 saturated heterocycles. The summed E-state index contributed by atoms with van der Waals surface area (Å²) < 4.78 is 41.4. The summed E-state index contributed by atoms with van der Waals surface area (Å²) in [5, 5.41) is 3.32. The van der Waals surface area contributed by atoms with E-state index < -0.39 is 12.1 Å². The van der Waals surface area contributed by atoms with Gasteiger partial charge in [0.25, 0.3) is 0 Å². The third kappa shape index (κ3) is 2.88. The number of ketones is 1. The van der Waals surface area contributed by atoms with Crippen molar-refractivity contribution in [3.8, 4) is 11.4 Å². The van der Waals surface area contributed by atoms with Gasteiger partial charge in [-0.15, -0.1) is 0 Å². The zero-order valence-electron chi connectivity index (χ0n) is 11.8. The Morgan fingerprint density at radius 3 is 2.41 bits per heavy atom. The zero-order chi connectivity index (χ0) is 16.0. The van der Waals surface area contributed by atoms with Gasteiger partial charge in [-0.3, -0.25) is 4.79 Å². The van der Waals surface area contributed by atoms with Crippen LogP contribution in [0.5, 0.6) is 0 Å². The first-order chi connectivity index (χ1) is 10.3. The lowest BCUT2D eigenvalue weighted by Gasteiger charge is -2.07. The predicted octanol–water partition coefficient (Wildman–Crippen LogP) is 3.67. The van der Waals surface area contributed by atoms with Crippen molar-refractivity contribution in [1.82, 2.24) is 10.1 Å². The molecule has 0 aliphatic heterocycles. The Bertz CT molecular complexity index is 700. The van der Waals surface area contributed by atoms with Crippen LogP contribution in [0.15, 0.2) is 28.8 Å². The molecule has 0 radical (unpaired) electrons. The van der Waals surface area contributed by atoms with Gasteiger partial charge in [-0.2, -0.15) is 18.2 Å². The topological polar surface area (TPSA) is 56.0 Å². The molecule has 2 aromatic rings. The Kier molecular flexibility index (Phi) is 3.30. The van der Waals surface area contributed by atoms with Crippen molar-refractivity contribution in [3.63, 3.8) is 0 Å². The predicted molar refractivity (Wildman–Crippen MR) is 70.8 cm³/mol. The Balaban J connectivity index is 1.74. The van der Waals surface area contributed by atoms with Gasteiger partial charge in [-0.1, -0.05) is 36.3 Å². The molecule has 1 aromatic heterocycles. The minimum Gasteiger partial charge on any atom is -0.329 e. The van der Waals surface area contributed by atoms with Gasteiger partial charge in [-0.25, -0.2) is 0 Å². The first-order valence-corrected chi connectivity index (χ1v) is 6.81. The van der Waals surface area contributed by atoms with Crippen LogP contribution < -0.4 is 0 Å². The van der Waals surface area contributed by atoms with E-state index in [0.29, 0.717) is 12.0 Å². The maximum absolute atomic E-state index is 12.4. The van der Waals surface area contributed by atoms with Crippen LogP contribution in [0.25, 0.3) is 11.4 Å². The van der Waals surface area contributed by atoms with Crippen LogP contribution in [0, 0.1) is 5.41 Å². The fourth-order valence-electron chi connectivity index (χ4n) is 2.09. The SMILES string of the molecule is CC1(C(=O)Cc2ccc(-c3noc(C(F)(F)F)n3)cc2)CC1. The molecule has 0 bridgehead atoms. The van der Waals surface area contributed by atoms with E-state index in [4.69, 9.17) is 0 Å². The van der Waals surface area contributed by atoms with Crippen LogP contribution >= 0.6 is 0 Å². The van der Waals surface area contributed by atoms with Crippen LogP contribution in [-0.4, -0.2) is 15.9 Å². The highest BCUT2D eigenvalue weighted by molar-refractivity contribution is 5.88. The van der Waals surface area contributed by atoms with Crippen molar-refractivity contribution in [2.24, 2.45) is 5.41 Å². The van der Waals surface area contributed by atoms with Gasteiger partial charge in [0.2, 0.25) is 5.82 Å². The average Bonchev–Trinajstić information content (AvgIpc) is 3.02. The van der Waals surface area contributed by atoms with Gasteiger partial charge in [0.15, 0.2) is 0 Å². The van der Waals surface area contributed by atoms with E-state index in [1.54, 1.807) is 24.3 Å². The molecule has 1 aromatic carbocycles. The van der Waals surface area contributed by atoms with Crippen molar-refractivity contribution in [2.75, 3.05) is 0 Å². The van der Waals surface area contributed by atoms with E-state index >= 15 is 0 Å². The lowest BCUT2D eigenvalue weighted by Crippen LogP contribution is -2.14. The maximum Gasteiger partial charge on any atom is 0.471 e. The molecular weight excluding hydrogens is 297 g/mol. The number of halogens is 3. The molecule has 0 N–H and O–H groups in total. The highest BCUT2D eigenvalue weighted by atomic mass is 19.4. The Labute approximate surface area is 124 Å². The summed E-state index contributed by atoms with van der Waals surface area (Å²) in [4.78, 5) is 15.3. The minimum atomic E-state index is -4.66. The Hall–Kier alpha value is -2.18. The highest BCUT2D eigenvalue weighted by Gasteiger charge is 2.43. The summed E-state index contributed by atoms with van der Waals surface area (Å²) >= 11 is 0. The van der Waals surface area contributed by atoms with Crippen molar-refractivity contribution in [1.29, 1.82) is 0 Å². The number of alkyl halides is 3. The maximum atomic E-state index is 12.4. The summed E-state index contributed by atoms with van der Waals surface area (Å²) in [6, 6.07) is 6.57. The van der Waals surface area contributed by atoms with E-state index in [2.05, 4.69) is 14.7 Å². The Morgan fingerprint density at radius 1 is 1.27 bits per heavy atom. The normalized spacial score (nSPS) is 16.5. The number of rotatable bonds is 4. The van der Waals surface area contributed by atoms with Crippen LogP contribution in [-0.2, 0) is 17.4 Å². The molecule has 1 heterocycles. The number of nitrogens with zero attached hydrogens (tertiary/aromatic N) is 2. The first-order valence-electron chi connectivity index (χ1n) is 6.81. The number of hydrogen-bond acceptors (Lipinski definition) is 4. The van der Waals surface area contributed by atoms with Gasteiger partial charge in [0, 0.05) is 17.4 Å². The van der Waals surface area contributed by atoms with Crippen molar-refractivity contribution >= 4 is 5.78 Å². The minimum absolute atomic E-state index is 0.126. The molecule has 3 rings (SSSR count). The lowest BCUT2D eigenvalue weighted by atomic mass is 9.96. The number of hydrogen-bond donors (Lipinski definition) is 0. The van der Waals surface area contributed by atoms with E-state index in [1.807, 2.05) is 6.92 Å². The van der Waals surface area contributed by atoms with Crippen LogP contribution in [0.3, 0.4) is 0 Å². The van der Waals surface area contributed by atoms with E-state index in [1.165, 1.54) is 0 Å². The van der Waals surface area contributed by atoms with Crippen molar-refractivity contribution in [3.05, 3.63) is 35.7 Å². The quantitative estimate of drug-likeness (QED) is 0.864. The molecule has 7 heteroatoms. The summed E-state index contributed by atoms with van der Waals surface area (Å²) in [7, 11) is 0.